The molecule has 2 rings (SSSR count). The van der Waals surface area contributed by atoms with Crippen LogP contribution in [0.5, 0.6) is 0 Å². The third-order valence-corrected chi connectivity index (χ3v) is 2.95. The standard InChI is InChI=1S/C11H11ClN2/c12-10-5-7(6-13)1-4-9(10)11(14)8-2-3-8/h1,4-5,8,11H,2-3,14H2/t11-/m0/s1. The van der Waals surface area contributed by atoms with Gasteiger partial charge in [-0.05, 0) is 36.5 Å². The molecule has 1 aromatic rings. The molecule has 1 fully saturated rings. The van der Waals surface area contributed by atoms with Gasteiger partial charge in [0.05, 0.1) is 11.6 Å². The number of benzene rings is 1. The Balaban J connectivity index is 2.30. The molecule has 0 unspecified atom stereocenters. The SMILES string of the molecule is N#Cc1ccc([C@@H](N)C2CC2)c(Cl)c1. The van der Waals surface area contributed by atoms with Crippen molar-refractivity contribution >= 4 is 11.6 Å². The highest BCUT2D eigenvalue weighted by molar-refractivity contribution is 6.31. The van der Waals surface area contributed by atoms with E-state index in [-0.39, 0.29) is 6.04 Å². The van der Waals surface area contributed by atoms with Crippen LogP contribution < -0.4 is 5.73 Å². The molecule has 1 aliphatic carbocycles. The van der Waals surface area contributed by atoms with Gasteiger partial charge in [-0.3, -0.25) is 0 Å². The lowest BCUT2D eigenvalue weighted by Gasteiger charge is -2.12. The summed E-state index contributed by atoms with van der Waals surface area (Å²) >= 11 is 6.04. The molecule has 0 spiro atoms. The van der Waals surface area contributed by atoms with E-state index in [0.29, 0.717) is 16.5 Å². The van der Waals surface area contributed by atoms with Gasteiger partial charge in [0.15, 0.2) is 0 Å². The first-order chi connectivity index (χ1) is 6.72. The molecule has 0 heterocycles. The molecule has 3 heteroatoms. The van der Waals surface area contributed by atoms with E-state index in [1.807, 2.05) is 6.07 Å². The maximum absolute atomic E-state index is 8.67. The van der Waals surface area contributed by atoms with E-state index in [4.69, 9.17) is 22.6 Å². The van der Waals surface area contributed by atoms with E-state index < -0.39 is 0 Å². The highest BCUT2D eigenvalue weighted by atomic mass is 35.5. The Morgan fingerprint density at radius 1 is 1.50 bits per heavy atom. The Morgan fingerprint density at radius 3 is 2.71 bits per heavy atom. The zero-order chi connectivity index (χ0) is 10.1. The lowest BCUT2D eigenvalue weighted by Crippen LogP contribution is -2.12. The van der Waals surface area contributed by atoms with Crippen LogP contribution in [0, 0.1) is 17.2 Å². The highest BCUT2D eigenvalue weighted by Gasteiger charge is 2.30. The minimum atomic E-state index is 0.0373. The van der Waals surface area contributed by atoms with Gasteiger partial charge >= 0.3 is 0 Å². The van der Waals surface area contributed by atoms with Gasteiger partial charge in [-0.25, -0.2) is 0 Å². The van der Waals surface area contributed by atoms with E-state index in [0.717, 1.165) is 5.56 Å². The summed E-state index contributed by atoms with van der Waals surface area (Å²) in [5, 5.41) is 9.29. The van der Waals surface area contributed by atoms with Gasteiger partial charge in [0, 0.05) is 11.1 Å². The van der Waals surface area contributed by atoms with Crippen LogP contribution in [0.3, 0.4) is 0 Å². The van der Waals surface area contributed by atoms with E-state index in [2.05, 4.69) is 6.07 Å². The highest BCUT2D eigenvalue weighted by Crippen LogP contribution is 2.41. The zero-order valence-electron chi connectivity index (χ0n) is 7.70. The first-order valence-electron chi connectivity index (χ1n) is 4.67. The second-order valence-corrected chi connectivity index (χ2v) is 4.12. The first-order valence-corrected chi connectivity index (χ1v) is 5.05. The molecule has 1 atom stereocenters. The number of nitrogens with zero attached hydrogens (tertiary/aromatic N) is 1. The summed E-state index contributed by atoms with van der Waals surface area (Å²) in [5.74, 6) is 0.584. The fourth-order valence-corrected chi connectivity index (χ4v) is 1.88. The maximum Gasteiger partial charge on any atom is 0.0992 e. The lowest BCUT2D eigenvalue weighted by molar-refractivity contribution is 0.633. The summed E-state index contributed by atoms with van der Waals surface area (Å²) in [6.45, 7) is 0. The predicted octanol–water partition coefficient (Wildman–Crippen LogP) is 2.62. The monoisotopic (exact) mass is 206 g/mol. The minimum absolute atomic E-state index is 0.0373. The third-order valence-electron chi connectivity index (χ3n) is 2.62. The largest absolute Gasteiger partial charge is 0.324 e. The summed E-state index contributed by atoms with van der Waals surface area (Å²) in [5.41, 5.74) is 7.58. The number of hydrogen-bond donors (Lipinski definition) is 1. The van der Waals surface area contributed by atoms with Crippen molar-refractivity contribution < 1.29 is 0 Å². The molecule has 1 saturated carbocycles. The van der Waals surface area contributed by atoms with Crippen molar-refractivity contribution in [3.8, 4) is 6.07 Å². The van der Waals surface area contributed by atoms with Gasteiger partial charge in [0.1, 0.15) is 0 Å². The van der Waals surface area contributed by atoms with E-state index >= 15 is 0 Å². The molecule has 2 nitrogen and oxygen atoms in total. The molecule has 2 N–H and O–H groups in total. The zero-order valence-corrected chi connectivity index (χ0v) is 8.46. The Morgan fingerprint density at radius 2 is 2.21 bits per heavy atom. The maximum atomic E-state index is 8.67. The number of nitriles is 1. The van der Waals surface area contributed by atoms with Gasteiger partial charge in [-0.2, -0.15) is 5.26 Å². The summed E-state index contributed by atoms with van der Waals surface area (Å²) in [7, 11) is 0. The Labute approximate surface area is 88.3 Å². The van der Waals surface area contributed by atoms with Crippen molar-refractivity contribution in [3.63, 3.8) is 0 Å². The molecule has 1 aliphatic rings. The number of hydrogen-bond acceptors (Lipinski definition) is 2. The molecule has 0 amide bonds. The topological polar surface area (TPSA) is 49.8 Å². The van der Waals surface area contributed by atoms with Gasteiger partial charge < -0.3 is 5.73 Å². The van der Waals surface area contributed by atoms with Crippen LogP contribution in [0.15, 0.2) is 18.2 Å². The number of nitrogens with two attached hydrogens (primary N) is 1. The normalized spacial score (nSPS) is 17.5. The van der Waals surface area contributed by atoms with Crippen LogP contribution in [-0.2, 0) is 0 Å². The molecule has 0 radical (unpaired) electrons. The summed E-state index contributed by atoms with van der Waals surface area (Å²) in [6, 6.07) is 7.40. The summed E-state index contributed by atoms with van der Waals surface area (Å²) in [4.78, 5) is 0. The minimum Gasteiger partial charge on any atom is -0.324 e. The molecule has 0 bridgehead atoms. The van der Waals surface area contributed by atoms with Crippen LogP contribution >= 0.6 is 11.6 Å². The smallest absolute Gasteiger partial charge is 0.0992 e. The van der Waals surface area contributed by atoms with Crippen LogP contribution in [0.4, 0.5) is 0 Å². The van der Waals surface area contributed by atoms with Gasteiger partial charge in [-0.15, -0.1) is 0 Å². The molecule has 0 aliphatic heterocycles. The Hall–Kier alpha value is -1.04. The Kier molecular flexibility index (Phi) is 2.45. The molecule has 72 valence electrons. The molecular formula is C11H11ClN2. The molecule has 0 saturated heterocycles. The predicted molar refractivity (Wildman–Crippen MR) is 55.8 cm³/mol. The quantitative estimate of drug-likeness (QED) is 0.809. The van der Waals surface area contributed by atoms with Crippen LogP contribution in [0.1, 0.15) is 30.0 Å². The van der Waals surface area contributed by atoms with Crippen molar-refractivity contribution in [2.75, 3.05) is 0 Å². The third kappa shape index (κ3) is 1.75. The van der Waals surface area contributed by atoms with E-state index in [1.54, 1.807) is 12.1 Å². The van der Waals surface area contributed by atoms with Crippen molar-refractivity contribution in [2.45, 2.75) is 18.9 Å². The van der Waals surface area contributed by atoms with E-state index in [1.165, 1.54) is 12.8 Å². The molecule has 0 aromatic heterocycles. The van der Waals surface area contributed by atoms with Crippen LogP contribution in [-0.4, -0.2) is 0 Å². The molecular weight excluding hydrogens is 196 g/mol. The average molecular weight is 207 g/mol. The van der Waals surface area contributed by atoms with Gasteiger partial charge in [0.2, 0.25) is 0 Å². The molecule has 1 aromatic carbocycles. The number of halogens is 1. The van der Waals surface area contributed by atoms with Crippen molar-refractivity contribution in [1.29, 1.82) is 5.26 Å². The second kappa shape index (κ2) is 3.61. The number of rotatable bonds is 2. The van der Waals surface area contributed by atoms with Crippen molar-refractivity contribution in [2.24, 2.45) is 11.7 Å². The van der Waals surface area contributed by atoms with Crippen LogP contribution in [0.25, 0.3) is 0 Å². The fourth-order valence-electron chi connectivity index (χ4n) is 1.58. The van der Waals surface area contributed by atoms with Gasteiger partial charge in [-0.1, -0.05) is 17.7 Å². The Bertz CT molecular complexity index is 391. The van der Waals surface area contributed by atoms with Crippen LogP contribution in [0.2, 0.25) is 5.02 Å². The summed E-state index contributed by atoms with van der Waals surface area (Å²) < 4.78 is 0. The average Bonchev–Trinajstić information content (AvgIpc) is 3.00. The lowest BCUT2D eigenvalue weighted by atomic mass is 10.0. The summed E-state index contributed by atoms with van der Waals surface area (Å²) in [6.07, 6.45) is 2.38. The first kappa shape index (κ1) is 9.51. The fraction of sp³-hybridized carbons (Fsp3) is 0.364. The molecule has 14 heavy (non-hydrogen) atoms. The van der Waals surface area contributed by atoms with Gasteiger partial charge in [0.25, 0.3) is 0 Å². The van der Waals surface area contributed by atoms with Crippen molar-refractivity contribution in [1.82, 2.24) is 0 Å². The second-order valence-electron chi connectivity index (χ2n) is 3.71. The van der Waals surface area contributed by atoms with E-state index in [9.17, 15) is 0 Å². The van der Waals surface area contributed by atoms with Crippen molar-refractivity contribution in [3.05, 3.63) is 34.3 Å².